The number of aromatic nitrogens is 2. The number of fused-ring (bicyclic) bond motifs is 1. The summed E-state index contributed by atoms with van der Waals surface area (Å²) >= 11 is 0. The summed E-state index contributed by atoms with van der Waals surface area (Å²) in [4.78, 5) is 12.2. The Labute approximate surface area is 114 Å². The number of amides is 1. The lowest BCUT2D eigenvalue weighted by molar-refractivity contribution is 0.102. The van der Waals surface area contributed by atoms with Crippen LogP contribution < -0.4 is 5.32 Å². The molecule has 0 unspecified atom stereocenters. The van der Waals surface area contributed by atoms with E-state index in [0.29, 0.717) is 11.3 Å². The SMILES string of the molecule is Cc1ccc2c(C(=O)Nc3ccc(F)cc3)cnn2c1. The van der Waals surface area contributed by atoms with Crippen molar-refractivity contribution < 1.29 is 9.18 Å². The zero-order valence-corrected chi connectivity index (χ0v) is 10.8. The van der Waals surface area contributed by atoms with E-state index in [-0.39, 0.29) is 11.7 Å². The minimum absolute atomic E-state index is 0.268. The summed E-state index contributed by atoms with van der Waals surface area (Å²) in [6.45, 7) is 1.96. The number of aryl methyl sites for hydroxylation is 1. The smallest absolute Gasteiger partial charge is 0.259 e. The van der Waals surface area contributed by atoms with Gasteiger partial charge in [-0.2, -0.15) is 5.10 Å². The third-order valence-corrected chi connectivity index (χ3v) is 3.01. The number of carbonyl (C=O) groups is 1. The Morgan fingerprint density at radius 2 is 1.95 bits per heavy atom. The van der Waals surface area contributed by atoms with Gasteiger partial charge in [0, 0.05) is 11.9 Å². The van der Waals surface area contributed by atoms with Gasteiger partial charge in [0.2, 0.25) is 0 Å². The molecular weight excluding hydrogens is 257 g/mol. The molecule has 1 aromatic carbocycles. The van der Waals surface area contributed by atoms with Crippen molar-refractivity contribution in [1.29, 1.82) is 0 Å². The highest BCUT2D eigenvalue weighted by molar-refractivity contribution is 6.08. The van der Waals surface area contributed by atoms with Crippen molar-refractivity contribution in [2.45, 2.75) is 6.92 Å². The van der Waals surface area contributed by atoms with Crippen LogP contribution in [0.25, 0.3) is 5.52 Å². The van der Waals surface area contributed by atoms with Gasteiger partial charge in [-0.15, -0.1) is 0 Å². The van der Waals surface area contributed by atoms with Crippen molar-refractivity contribution in [3.63, 3.8) is 0 Å². The highest BCUT2D eigenvalue weighted by atomic mass is 19.1. The van der Waals surface area contributed by atoms with Crippen molar-refractivity contribution in [3.05, 3.63) is 65.7 Å². The van der Waals surface area contributed by atoms with Crippen LogP contribution in [0.2, 0.25) is 0 Å². The number of rotatable bonds is 2. The van der Waals surface area contributed by atoms with Gasteiger partial charge in [-0.1, -0.05) is 6.07 Å². The third kappa shape index (κ3) is 2.25. The number of nitrogens with zero attached hydrogens (tertiary/aromatic N) is 2. The fourth-order valence-electron chi connectivity index (χ4n) is 1.99. The average molecular weight is 269 g/mol. The van der Waals surface area contributed by atoms with Gasteiger partial charge in [-0.3, -0.25) is 4.79 Å². The van der Waals surface area contributed by atoms with E-state index >= 15 is 0 Å². The molecule has 0 aliphatic rings. The van der Waals surface area contributed by atoms with Gasteiger partial charge in [0.05, 0.1) is 17.3 Å². The molecule has 2 heterocycles. The minimum Gasteiger partial charge on any atom is -0.322 e. The maximum absolute atomic E-state index is 12.8. The first-order valence-corrected chi connectivity index (χ1v) is 6.14. The van der Waals surface area contributed by atoms with Gasteiger partial charge in [0.25, 0.3) is 5.91 Å². The Morgan fingerprint density at radius 3 is 2.70 bits per heavy atom. The highest BCUT2D eigenvalue weighted by Crippen LogP contribution is 2.15. The second kappa shape index (κ2) is 4.77. The third-order valence-electron chi connectivity index (χ3n) is 3.01. The summed E-state index contributed by atoms with van der Waals surface area (Å²) in [7, 11) is 0. The Hall–Kier alpha value is -2.69. The van der Waals surface area contributed by atoms with Crippen LogP contribution >= 0.6 is 0 Å². The maximum Gasteiger partial charge on any atom is 0.259 e. The Balaban J connectivity index is 1.91. The van der Waals surface area contributed by atoms with Crippen LogP contribution in [0, 0.1) is 12.7 Å². The van der Waals surface area contributed by atoms with Crippen LogP contribution in [0.5, 0.6) is 0 Å². The van der Waals surface area contributed by atoms with Crippen molar-refractivity contribution in [2.24, 2.45) is 0 Å². The quantitative estimate of drug-likeness (QED) is 0.777. The summed E-state index contributed by atoms with van der Waals surface area (Å²) in [5.41, 5.74) is 2.82. The standard InChI is InChI=1S/C15H12FN3O/c1-10-2-7-14-13(8-17-19(14)9-10)15(20)18-12-5-3-11(16)4-6-12/h2-9H,1H3,(H,18,20). The molecule has 0 saturated heterocycles. The van der Waals surface area contributed by atoms with E-state index < -0.39 is 0 Å². The van der Waals surface area contributed by atoms with Gasteiger partial charge in [0.1, 0.15) is 5.82 Å². The molecule has 3 rings (SSSR count). The first kappa shape index (κ1) is 12.3. The Kier molecular flexibility index (Phi) is 2.95. The minimum atomic E-state index is -0.338. The van der Waals surface area contributed by atoms with Crippen LogP contribution in [-0.2, 0) is 0 Å². The molecule has 0 saturated carbocycles. The molecule has 2 aromatic heterocycles. The van der Waals surface area contributed by atoms with E-state index in [9.17, 15) is 9.18 Å². The van der Waals surface area contributed by atoms with Crippen LogP contribution in [-0.4, -0.2) is 15.5 Å². The monoisotopic (exact) mass is 269 g/mol. The molecule has 100 valence electrons. The lowest BCUT2D eigenvalue weighted by Gasteiger charge is -2.04. The Bertz CT molecular complexity index is 777. The molecule has 1 amide bonds. The van der Waals surface area contributed by atoms with Crippen LogP contribution in [0.15, 0.2) is 48.8 Å². The van der Waals surface area contributed by atoms with E-state index in [1.807, 2.05) is 25.3 Å². The molecule has 0 radical (unpaired) electrons. The van der Waals surface area contributed by atoms with Crippen molar-refractivity contribution in [1.82, 2.24) is 9.61 Å². The van der Waals surface area contributed by atoms with E-state index in [1.165, 1.54) is 30.5 Å². The van der Waals surface area contributed by atoms with Gasteiger partial charge >= 0.3 is 0 Å². The molecule has 0 fully saturated rings. The molecule has 0 spiro atoms. The number of pyridine rings is 1. The number of carbonyl (C=O) groups excluding carboxylic acids is 1. The van der Waals surface area contributed by atoms with Crippen molar-refractivity contribution >= 4 is 17.1 Å². The van der Waals surface area contributed by atoms with Crippen molar-refractivity contribution in [3.8, 4) is 0 Å². The second-order valence-corrected chi connectivity index (χ2v) is 4.56. The lowest BCUT2D eigenvalue weighted by Crippen LogP contribution is -2.11. The number of hydrogen-bond donors (Lipinski definition) is 1. The maximum atomic E-state index is 12.8. The summed E-state index contributed by atoms with van der Waals surface area (Å²) in [6, 6.07) is 9.41. The van der Waals surface area contributed by atoms with E-state index in [2.05, 4.69) is 10.4 Å². The van der Waals surface area contributed by atoms with Gasteiger partial charge < -0.3 is 5.32 Å². The second-order valence-electron chi connectivity index (χ2n) is 4.56. The molecule has 20 heavy (non-hydrogen) atoms. The number of halogens is 1. The predicted octanol–water partition coefficient (Wildman–Crippen LogP) is 3.03. The zero-order chi connectivity index (χ0) is 14.1. The molecule has 4 nitrogen and oxygen atoms in total. The number of nitrogens with one attached hydrogen (secondary N) is 1. The summed E-state index contributed by atoms with van der Waals surface area (Å²) in [6.07, 6.45) is 3.37. The average Bonchev–Trinajstić information content (AvgIpc) is 2.84. The molecule has 1 N–H and O–H groups in total. The van der Waals surface area contributed by atoms with Crippen LogP contribution in [0.3, 0.4) is 0 Å². The largest absolute Gasteiger partial charge is 0.322 e. The fourth-order valence-corrected chi connectivity index (χ4v) is 1.99. The van der Waals surface area contributed by atoms with Gasteiger partial charge in [-0.05, 0) is 42.8 Å². The predicted molar refractivity (Wildman–Crippen MR) is 74.3 cm³/mol. The number of hydrogen-bond acceptors (Lipinski definition) is 2. The van der Waals surface area contributed by atoms with E-state index in [0.717, 1.165) is 11.1 Å². The Morgan fingerprint density at radius 1 is 1.20 bits per heavy atom. The first-order chi connectivity index (χ1) is 9.63. The van der Waals surface area contributed by atoms with Crippen LogP contribution in [0.4, 0.5) is 10.1 Å². The number of benzene rings is 1. The molecule has 0 atom stereocenters. The van der Waals surface area contributed by atoms with Gasteiger partial charge in [-0.25, -0.2) is 8.91 Å². The normalized spacial score (nSPS) is 10.7. The van der Waals surface area contributed by atoms with Gasteiger partial charge in [0.15, 0.2) is 0 Å². The topological polar surface area (TPSA) is 46.4 Å². The summed E-state index contributed by atoms with van der Waals surface area (Å²) < 4.78 is 14.5. The molecule has 0 bridgehead atoms. The summed E-state index contributed by atoms with van der Waals surface area (Å²) in [5.74, 6) is -0.607. The van der Waals surface area contributed by atoms with E-state index in [4.69, 9.17) is 0 Å². The molecule has 0 aliphatic carbocycles. The molecular formula is C15H12FN3O. The molecule has 5 heteroatoms. The van der Waals surface area contributed by atoms with E-state index in [1.54, 1.807) is 4.52 Å². The first-order valence-electron chi connectivity index (χ1n) is 6.14. The zero-order valence-electron chi connectivity index (χ0n) is 10.8. The molecule has 3 aromatic rings. The molecule has 0 aliphatic heterocycles. The fraction of sp³-hybridized carbons (Fsp3) is 0.0667. The lowest BCUT2D eigenvalue weighted by atomic mass is 10.2. The number of anilines is 1. The van der Waals surface area contributed by atoms with Crippen LogP contribution in [0.1, 0.15) is 15.9 Å². The van der Waals surface area contributed by atoms with Crippen molar-refractivity contribution in [2.75, 3.05) is 5.32 Å². The highest BCUT2D eigenvalue weighted by Gasteiger charge is 2.12. The summed E-state index contributed by atoms with van der Waals surface area (Å²) in [5, 5.41) is 6.87.